The number of hydrogen-bond donors (Lipinski definition) is 0. The Hall–Kier alpha value is -0.650. The first-order valence-corrected chi connectivity index (χ1v) is 8.13. The van der Waals surface area contributed by atoms with Crippen LogP contribution in [0.5, 0.6) is 0 Å². The molecular weight excluding hydrogens is 266 g/mol. The van der Waals surface area contributed by atoms with Gasteiger partial charge in [-0.1, -0.05) is 20.8 Å². The number of rotatable bonds is 5. The largest absolute Gasteiger partial charge is 0.379 e. The van der Waals surface area contributed by atoms with Gasteiger partial charge in [-0.05, 0) is 12.5 Å². The summed E-state index contributed by atoms with van der Waals surface area (Å²) in [7, 11) is 2.15. The first kappa shape index (κ1) is 16.7. The minimum atomic E-state index is 0.178. The van der Waals surface area contributed by atoms with Crippen molar-refractivity contribution >= 4 is 5.91 Å². The van der Waals surface area contributed by atoms with Crippen molar-refractivity contribution in [2.45, 2.75) is 33.2 Å². The van der Waals surface area contributed by atoms with Gasteiger partial charge < -0.3 is 9.64 Å². The summed E-state index contributed by atoms with van der Waals surface area (Å²) in [6, 6.07) is 0.376. The first-order valence-electron chi connectivity index (χ1n) is 8.13. The molecule has 21 heavy (non-hydrogen) atoms. The van der Waals surface area contributed by atoms with Crippen LogP contribution in [0.15, 0.2) is 0 Å². The number of morpholine rings is 1. The quantitative estimate of drug-likeness (QED) is 0.755. The van der Waals surface area contributed by atoms with Crippen molar-refractivity contribution in [1.29, 1.82) is 0 Å². The molecule has 0 spiro atoms. The number of amides is 1. The van der Waals surface area contributed by atoms with Crippen molar-refractivity contribution in [3.8, 4) is 0 Å². The molecule has 1 unspecified atom stereocenters. The summed E-state index contributed by atoms with van der Waals surface area (Å²) in [5.74, 6) is 0.313. The average Bonchev–Trinajstić information content (AvgIpc) is 2.77. The van der Waals surface area contributed by atoms with Gasteiger partial charge in [-0.3, -0.25) is 14.6 Å². The lowest BCUT2D eigenvalue weighted by Crippen LogP contribution is -2.44. The average molecular weight is 297 g/mol. The first-order chi connectivity index (χ1) is 9.85. The zero-order valence-electron chi connectivity index (χ0n) is 14.1. The maximum Gasteiger partial charge on any atom is 0.224 e. The van der Waals surface area contributed by atoms with Crippen LogP contribution in [0.1, 0.15) is 27.2 Å². The highest BCUT2D eigenvalue weighted by Gasteiger charge is 2.33. The third-order valence-electron chi connectivity index (χ3n) is 4.36. The monoisotopic (exact) mass is 297 g/mol. The third kappa shape index (κ3) is 5.24. The van der Waals surface area contributed by atoms with E-state index in [0.29, 0.717) is 18.4 Å². The normalized spacial score (nSPS) is 25.1. The lowest BCUT2D eigenvalue weighted by Gasteiger charge is -2.31. The Labute approximate surface area is 129 Å². The smallest absolute Gasteiger partial charge is 0.224 e. The Morgan fingerprint density at radius 2 is 1.95 bits per heavy atom. The van der Waals surface area contributed by atoms with E-state index in [1.54, 1.807) is 0 Å². The van der Waals surface area contributed by atoms with Crippen LogP contribution >= 0.6 is 0 Å². The molecule has 0 saturated carbocycles. The fraction of sp³-hybridized carbons (Fsp3) is 0.938. The Bertz CT molecular complexity index is 348. The molecule has 2 saturated heterocycles. The predicted molar refractivity (Wildman–Crippen MR) is 84.3 cm³/mol. The second-order valence-corrected chi connectivity index (χ2v) is 7.63. The van der Waals surface area contributed by atoms with Crippen molar-refractivity contribution in [1.82, 2.24) is 14.7 Å². The zero-order valence-corrected chi connectivity index (χ0v) is 14.1. The zero-order chi connectivity index (χ0) is 15.5. The van der Waals surface area contributed by atoms with Crippen molar-refractivity contribution in [2.75, 3.05) is 59.5 Å². The van der Waals surface area contributed by atoms with Crippen LogP contribution in [0.3, 0.4) is 0 Å². The van der Waals surface area contributed by atoms with E-state index >= 15 is 0 Å². The number of ether oxygens (including phenoxy) is 1. The van der Waals surface area contributed by atoms with E-state index in [0.717, 1.165) is 52.5 Å². The van der Waals surface area contributed by atoms with Gasteiger partial charge >= 0.3 is 0 Å². The van der Waals surface area contributed by atoms with E-state index in [1.807, 2.05) is 4.90 Å². The number of nitrogens with zero attached hydrogens (tertiary/aromatic N) is 3. The summed E-state index contributed by atoms with van der Waals surface area (Å²) < 4.78 is 5.37. The molecule has 2 aliphatic rings. The summed E-state index contributed by atoms with van der Waals surface area (Å²) >= 11 is 0. The van der Waals surface area contributed by atoms with Gasteiger partial charge in [-0.2, -0.15) is 0 Å². The van der Waals surface area contributed by atoms with Gasteiger partial charge in [0.25, 0.3) is 0 Å². The molecule has 0 N–H and O–H groups in total. The molecule has 122 valence electrons. The molecule has 2 heterocycles. The summed E-state index contributed by atoms with van der Waals surface area (Å²) in [5.41, 5.74) is 0.178. The van der Waals surface area contributed by atoms with Crippen molar-refractivity contribution in [3.05, 3.63) is 0 Å². The van der Waals surface area contributed by atoms with Crippen LogP contribution in [0.2, 0.25) is 0 Å². The van der Waals surface area contributed by atoms with Crippen LogP contribution in [-0.4, -0.2) is 86.2 Å². The number of carbonyl (C=O) groups excluding carboxylic acids is 1. The van der Waals surface area contributed by atoms with E-state index < -0.39 is 0 Å². The van der Waals surface area contributed by atoms with Gasteiger partial charge in [-0.15, -0.1) is 0 Å². The molecular formula is C16H31N3O2. The van der Waals surface area contributed by atoms with E-state index in [9.17, 15) is 4.79 Å². The maximum absolute atomic E-state index is 12.1. The van der Waals surface area contributed by atoms with Crippen LogP contribution in [0, 0.1) is 5.41 Å². The third-order valence-corrected chi connectivity index (χ3v) is 4.36. The fourth-order valence-electron chi connectivity index (χ4n) is 3.08. The van der Waals surface area contributed by atoms with Crippen molar-refractivity contribution < 1.29 is 9.53 Å². The number of carbonyl (C=O) groups is 1. The lowest BCUT2D eigenvalue weighted by molar-refractivity contribution is -0.128. The van der Waals surface area contributed by atoms with E-state index in [1.165, 1.54) is 0 Å². The van der Waals surface area contributed by atoms with Crippen LogP contribution in [0.4, 0.5) is 0 Å². The van der Waals surface area contributed by atoms with Gasteiger partial charge in [0.15, 0.2) is 0 Å². The Morgan fingerprint density at radius 3 is 2.57 bits per heavy atom. The van der Waals surface area contributed by atoms with E-state index in [2.05, 4.69) is 37.6 Å². The maximum atomic E-state index is 12.1. The molecule has 1 atom stereocenters. The molecule has 0 aliphatic carbocycles. The topological polar surface area (TPSA) is 36.0 Å². The molecule has 1 amide bonds. The minimum absolute atomic E-state index is 0.178. The molecule has 0 aromatic rings. The molecule has 0 bridgehead atoms. The molecule has 0 aromatic heterocycles. The molecule has 2 rings (SSSR count). The molecule has 0 aromatic carbocycles. The Morgan fingerprint density at radius 1 is 1.29 bits per heavy atom. The van der Waals surface area contributed by atoms with Crippen LogP contribution < -0.4 is 0 Å². The standard InChI is InChI=1S/C16H31N3O2/c1-16(2,3)13-19-12-14(11-15(19)20)17(4)5-6-18-7-9-21-10-8-18/h14H,5-13H2,1-4H3. The molecule has 0 radical (unpaired) electrons. The molecule has 5 nitrogen and oxygen atoms in total. The van der Waals surface area contributed by atoms with E-state index in [4.69, 9.17) is 4.74 Å². The fourth-order valence-corrected chi connectivity index (χ4v) is 3.08. The summed E-state index contributed by atoms with van der Waals surface area (Å²) in [6.07, 6.45) is 0.676. The second kappa shape index (κ2) is 7.07. The SMILES string of the molecule is CN(CCN1CCOCC1)C1CC(=O)N(CC(C)(C)C)C1. The van der Waals surface area contributed by atoms with Gasteiger partial charge in [0.05, 0.1) is 13.2 Å². The summed E-state index contributed by atoms with van der Waals surface area (Å²) in [4.78, 5) is 19.0. The van der Waals surface area contributed by atoms with Crippen molar-refractivity contribution in [2.24, 2.45) is 5.41 Å². The second-order valence-electron chi connectivity index (χ2n) is 7.63. The highest BCUT2D eigenvalue weighted by atomic mass is 16.5. The van der Waals surface area contributed by atoms with Gasteiger partial charge in [0, 0.05) is 51.7 Å². The van der Waals surface area contributed by atoms with Crippen molar-refractivity contribution in [3.63, 3.8) is 0 Å². The van der Waals surface area contributed by atoms with Gasteiger partial charge in [0.2, 0.25) is 5.91 Å². The van der Waals surface area contributed by atoms with Crippen LogP contribution in [-0.2, 0) is 9.53 Å². The number of hydrogen-bond acceptors (Lipinski definition) is 4. The van der Waals surface area contributed by atoms with Gasteiger partial charge in [-0.25, -0.2) is 0 Å². The van der Waals surface area contributed by atoms with Gasteiger partial charge in [0.1, 0.15) is 0 Å². The van der Waals surface area contributed by atoms with Crippen LogP contribution in [0.25, 0.3) is 0 Å². The molecule has 2 aliphatic heterocycles. The molecule has 2 fully saturated rings. The minimum Gasteiger partial charge on any atom is -0.379 e. The number of likely N-dealkylation sites (tertiary alicyclic amines) is 1. The predicted octanol–water partition coefficient (Wildman–Crippen LogP) is 0.897. The lowest BCUT2D eigenvalue weighted by atomic mass is 9.96. The highest BCUT2D eigenvalue weighted by molar-refractivity contribution is 5.79. The van der Waals surface area contributed by atoms with E-state index in [-0.39, 0.29) is 5.41 Å². The molecule has 5 heteroatoms. The summed E-state index contributed by atoms with van der Waals surface area (Å²) in [5, 5.41) is 0. The number of likely N-dealkylation sites (N-methyl/N-ethyl adjacent to an activating group) is 1. The Balaban J connectivity index is 1.75. The highest BCUT2D eigenvalue weighted by Crippen LogP contribution is 2.22. The summed E-state index contributed by atoms with van der Waals surface area (Å²) in [6.45, 7) is 14.2. The Kier molecular flexibility index (Phi) is 5.63.